The Kier molecular flexibility index (Phi) is 3.52. The van der Waals surface area contributed by atoms with Crippen LogP contribution >= 0.6 is 15.9 Å². The number of carbonyl (C=O) groups is 2. The first kappa shape index (κ1) is 14.8. The van der Waals surface area contributed by atoms with Crippen molar-refractivity contribution >= 4 is 33.4 Å². The third kappa shape index (κ3) is 2.12. The summed E-state index contributed by atoms with van der Waals surface area (Å²) in [5, 5.41) is 0. The third-order valence-corrected chi connectivity index (χ3v) is 3.91. The molecule has 1 aliphatic heterocycles. The van der Waals surface area contributed by atoms with E-state index in [1.807, 2.05) is 0 Å². The topological polar surface area (TPSA) is 37.4 Å². The molecule has 0 bridgehead atoms. The Hall–Kier alpha value is -2.15. The summed E-state index contributed by atoms with van der Waals surface area (Å²) < 4.78 is 39.4. The second-order valence-electron chi connectivity index (χ2n) is 4.63. The van der Waals surface area contributed by atoms with Crippen LogP contribution in [0.1, 0.15) is 32.7 Å². The summed E-state index contributed by atoms with van der Waals surface area (Å²) in [4.78, 5) is 25.3. The van der Waals surface area contributed by atoms with Crippen LogP contribution in [0.25, 0.3) is 0 Å². The fourth-order valence-electron chi connectivity index (χ4n) is 2.32. The molecular weight excluding hydrogens is 363 g/mol. The third-order valence-electron chi connectivity index (χ3n) is 3.31. The van der Waals surface area contributed by atoms with Crippen LogP contribution in [-0.2, 0) is 0 Å². The summed E-state index contributed by atoms with van der Waals surface area (Å²) in [5.41, 5.74) is -0.603. The molecule has 112 valence electrons. The fourth-order valence-corrected chi connectivity index (χ4v) is 2.95. The van der Waals surface area contributed by atoms with Crippen molar-refractivity contribution in [2.45, 2.75) is 6.43 Å². The molecule has 0 saturated heterocycles. The van der Waals surface area contributed by atoms with Crippen molar-refractivity contribution in [1.29, 1.82) is 0 Å². The Labute approximate surface area is 131 Å². The monoisotopic (exact) mass is 369 g/mol. The molecule has 0 radical (unpaired) electrons. The van der Waals surface area contributed by atoms with E-state index in [9.17, 15) is 22.8 Å². The normalized spacial score (nSPS) is 14.0. The molecule has 2 aromatic rings. The molecule has 0 N–H and O–H groups in total. The second kappa shape index (κ2) is 5.24. The number of nitrogens with zero attached hydrogens (tertiary/aromatic N) is 1. The first-order valence-corrected chi connectivity index (χ1v) is 6.96. The molecule has 0 fully saturated rings. The first-order valence-electron chi connectivity index (χ1n) is 6.16. The number of alkyl halides is 2. The smallest absolute Gasteiger partial charge is 0.266 e. The summed E-state index contributed by atoms with van der Waals surface area (Å²) in [6.07, 6.45) is -2.86. The van der Waals surface area contributed by atoms with E-state index >= 15 is 0 Å². The number of carbonyl (C=O) groups excluding carboxylic acids is 2. The minimum Gasteiger partial charge on any atom is -0.268 e. The Morgan fingerprint density at radius 2 is 1.55 bits per heavy atom. The van der Waals surface area contributed by atoms with Crippen LogP contribution in [0, 0.1) is 5.82 Å². The van der Waals surface area contributed by atoms with Gasteiger partial charge in [0.2, 0.25) is 0 Å². The molecule has 0 spiro atoms. The number of hydrogen-bond acceptors (Lipinski definition) is 2. The summed E-state index contributed by atoms with van der Waals surface area (Å²) >= 11 is 2.96. The van der Waals surface area contributed by atoms with Gasteiger partial charge in [0, 0.05) is 10.0 Å². The highest BCUT2D eigenvalue weighted by Crippen LogP contribution is 2.37. The molecule has 2 amide bonds. The van der Waals surface area contributed by atoms with Gasteiger partial charge in [0.15, 0.2) is 0 Å². The maximum Gasteiger partial charge on any atom is 0.266 e. The van der Waals surface area contributed by atoms with Crippen LogP contribution in [-0.4, -0.2) is 11.8 Å². The van der Waals surface area contributed by atoms with Crippen LogP contribution in [0.4, 0.5) is 18.9 Å². The number of benzene rings is 2. The minimum absolute atomic E-state index is 0.0858. The van der Waals surface area contributed by atoms with E-state index in [1.165, 1.54) is 12.1 Å². The summed E-state index contributed by atoms with van der Waals surface area (Å²) in [7, 11) is 0. The lowest BCUT2D eigenvalue weighted by molar-refractivity contribution is 0.0924. The number of amides is 2. The number of rotatable bonds is 2. The van der Waals surface area contributed by atoms with Gasteiger partial charge in [0.25, 0.3) is 18.2 Å². The van der Waals surface area contributed by atoms with Crippen LogP contribution in [0.3, 0.4) is 0 Å². The second-order valence-corrected chi connectivity index (χ2v) is 5.48. The van der Waals surface area contributed by atoms with Gasteiger partial charge in [0.05, 0.1) is 11.1 Å². The molecule has 0 aliphatic carbocycles. The van der Waals surface area contributed by atoms with Crippen molar-refractivity contribution < 1.29 is 22.8 Å². The van der Waals surface area contributed by atoms with E-state index in [1.54, 1.807) is 12.1 Å². The Bertz CT molecular complexity index is 749. The van der Waals surface area contributed by atoms with Crippen molar-refractivity contribution in [2.75, 3.05) is 4.90 Å². The van der Waals surface area contributed by atoms with Crippen molar-refractivity contribution in [3.05, 3.63) is 63.4 Å². The van der Waals surface area contributed by atoms with E-state index in [0.717, 1.165) is 6.07 Å². The van der Waals surface area contributed by atoms with Gasteiger partial charge in [0.1, 0.15) is 11.5 Å². The van der Waals surface area contributed by atoms with Gasteiger partial charge in [-0.2, -0.15) is 0 Å². The first-order chi connectivity index (χ1) is 10.4. The highest BCUT2D eigenvalue weighted by Gasteiger charge is 2.39. The molecule has 0 atom stereocenters. The van der Waals surface area contributed by atoms with Crippen LogP contribution < -0.4 is 4.90 Å². The summed E-state index contributed by atoms with van der Waals surface area (Å²) in [6.45, 7) is 0. The zero-order valence-corrected chi connectivity index (χ0v) is 12.4. The maximum absolute atomic E-state index is 14.2. The predicted octanol–water partition coefficient (Wildman–Crippen LogP) is 4.33. The van der Waals surface area contributed by atoms with Crippen molar-refractivity contribution in [1.82, 2.24) is 0 Å². The molecule has 1 aliphatic rings. The van der Waals surface area contributed by atoms with Crippen LogP contribution in [0.15, 0.2) is 40.9 Å². The highest BCUT2D eigenvalue weighted by molar-refractivity contribution is 9.10. The van der Waals surface area contributed by atoms with Gasteiger partial charge in [-0.05, 0) is 40.2 Å². The van der Waals surface area contributed by atoms with Gasteiger partial charge >= 0.3 is 0 Å². The zero-order valence-electron chi connectivity index (χ0n) is 10.8. The van der Waals surface area contributed by atoms with E-state index in [-0.39, 0.29) is 21.3 Å². The average Bonchev–Trinajstić information content (AvgIpc) is 2.72. The van der Waals surface area contributed by atoms with Gasteiger partial charge < -0.3 is 0 Å². The molecule has 0 aromatic heterocycles. The van der Waals surface area contributed by atoms with Gasteiger partial charge in [-0.1, -0.05) is 12.1 Å². The molecule has 7 heteroatoms. The zero-order chi connectivity index (χ0) is 16.0. The van der Waals surface area contributed by atoms with E-state index in [2.05, 4.69) is 15.9 Å². The lowest BCUT2D eigenvalue weighted by Gasteiger charge is -2.17. The quantitative estimate of drug-likeness (QED) is 0.739. The molecule has 0 unspecified atom stereocenters. The van der Waals surface area contributed by atoms with Crippen LogP contribution in [0.2, 0.25) is 0 Å². The molecule has 22 heavy (non-hydrogen) atoms. The Balaban J connectivity index is 2.14. The number of imide groups is 1. The maximum atomic E-state index is 14.2. The Morgan fingerprint density at radius 3 is 2.00 bits per heavy atom. The fraction of sp³-hybridized carbons (Fsp3) is 0.0667. The molecule has 3 nitrogen and oxygen atoms in total. The largest absolute Gasteiger partial charge is 0.268 e. The van der Waals surface area contributed by atoms with Gasteiger partial charge in [-0.25, -0.2) is 18.1 Å². The molecule has 0 saturated carbocycles. The van der Waals surface area contributed by atoms with Crippen molar-refractivity contribution in [2.24, 2.45) is 0 Å². The number of halogens is 4. The van der Waals surface area contributed by atoms with E-state index < -0.39 is 29.6 Å². The summed E-state index contributed by atoms with van der Waals surface area (Å²) in [6, 6.07) is 7.68. The number of fused-ring (bicyclic) bond motifs is 1. The molecule has 2 aromatic carbocycles. The van der Waals surface area contributed by atoms with Crippen molar-refractivity contribution in [3.63, 3.8) is 0 Å². The minimum atomic E-state index is -2.86. The lowest BCUT2D eigenvalue weighted by atomic mass is 10.1. The molecular formula is C15H7BrF3NO2. The van der Waals surface area contributed by atoms with Gasteiger partial charge in [-0.3, -0.25) is 9.59 Å². The SMILES string of the molecule is O=C1c2ccccc2C(=O)N1c1c(F)cc(C(F)F)cc1Br. The lowest BCUT2D eigenvalue weighted by Crippen LogP contribution is -2.30. The average molecular weight is 370 g/mol. The number of anilines is 1. The Morgan fingerprint density at radius 1 is 1.00 bits per heavy atom. The predicted molar refractivity (Wildman–Crippen MR) is 76.6 cm³/mol. The highest BCUT2D eigenvalue weighted by atomic mass is 79.9. The van der Waals surface area contributed by atoms with E-state index in [4.69, 9.17) is 0 Å². The number of hydrogen-bond donors (Lipinski definition) is 0. The molecule has 3 rings (SSSR count). The van der Waals surface area contributed by atoms with Gasteiger partial charge in [-0.15, -0.1) is 0 Å². The standard InChI is InChI=1S/C15H7BrF3NO2/c16-10-5-7(13(18)19)6-11(17)12(10)20-14(21)8-3-1-2-4-9(8)15(20)22/h1-6,13H. The van der Waals surface area contributed by atoms with E-state index in [0.29, 0.717) is 11.0 Å². The molecule has 1 heterocycles. The van der Waals surface area contributed by atoms with Crippen molar-refractivity contribution in [3.8, 4) is 0 Å². The summed E-state index contributed by atoms with van der Waals surface area (Å²) in [5.74, 6) is -2.45. The van der Waals surface area contributed by atoms with Crippen LogP contribution in [0.5, 0.6) is 0 Å².